The van der Waals surface area contributed by atoms with Crippen LogP contribution in [-0.2, 0) is 0 Å². The lowest BCUT2D eigenvalue weighted by Crippen LogP contribution is -2.03. The van der Waals surface area contributed by atoms with Gasteiger partial charge < -0.3 is 9.15 Å². The van der Waals surface area contributed by atoms with Crippen molar-refractivity contribution >= 4 is 27.4 Å². The summed E-state index contributed by atoms with van der Waals surface area (Å²) >= 11 is 1.39. The molecule has 5 nitrogen and oxygen atoms in total. The van der Waals surface area contributed by atoms with Crippen LogP contribution in [0.5, 0.6) is 5.75 Å². The third-order valence-corrected chi connectivity index (χ3v) is 4.16. The Labute approximate surface area is 141 Å². The van der Waals surface area contributed by atoms with Crippen molar-refractivity contribution < 1.29 is 9.15 Å². The minimum Gasteiger partial charge on any atom is -0.497 e. The molecule has 4 aromatic rings. The number of nitrogens with zero attached hydrogens (tertiary/aromatic N) is 3. The zero-order valence-corrected chi connectivity index (χ0v) is 13.7. The number of hydrogen-bond donors (Lipinski definition) is 0. The molecule has 0 aliphatic heterocycles. The highest BCUT2D eigenvalue weighted by molar-refractivity contribution is 7.13. The molecule has 0 fully saturated rings. The number of fused-ring (bicyclic) bond motifs is 1. The van der Waals surface area contributed by atoms with Crippen molar-refractivity contribution in [1.82, 2.24) is 10.2 Å². The molecule has 2 aromatic heterocycles. The molecule has 0 bridgehead atoms. The van der Waals surface area contributed by atoms with Gasteiger partial charge in [-0.15, -0.1) is 10.2 Å². The first-order chi connectivity index (χ1) is 11.8. The van der Waals surface area contributed by atoms with Crippen molar-refractivity contribution in [2.75, 3.05) is 7.11 Å². The van der Waals surface area contributed by atoms with Gasteiger partial charge in [0.05, 0.1) is 12.5 Å². The summed E-state index contributed by atoms with van der Waals surface area (Å²) in [5.74, 6) is 1.50. The fraction of sp³-hybridized carbons (Fsp3) is 0.0556. The summed E-state index contributed by atoms with van der Waals surface area (Å²) in [5, 5.41) is 10.1. The van der Waals surface area contributed by atoms with Crippen molar-refractivity contribution in [3.8, 4) is 17.1 Å². The predicted octanol–water partition coefficient (Wildman–Crippen LogP) is 4.19. The summed E-state index contributed by atoms with van der Waals surface area (Å²) in [5.41, 5.74) is 3.39. The van der Waals surface area contributed by atoms with E-state index in [4.69, 9.17) is 9.15 Å². The molecule has 0 radical (unpaired) electrons. The smallest absolute Gasteiger partial charge is 0.231 e. The summed E-state index contributed by atoms with van der Waals surface area (Å²) in [6, 6.07) is 17.5. The molecule has 0 unspecified atom stereocenters. The first-order valence-corrected chi connectivity index (χ1v) is 8.20. The van der Waals surface area contributed by atoms with Crippen LogP contribution in [0.15, 0.2) is 69.5 Å². The molecule has 2 aromatic carbocycles. The van der Waals surface area contributed by atoms with Crippen molar-refractivity contribution in [3.63, 3.8) is 0 Å². The SMILES string of the molecule is COc1ccc2oc(-c3ccccc3)c/c(=N\c3nncs3)c2c1. The molecular weight excluding hydrogens is 322 g/mol. The van der Waals surface area contributed by atoms with Crippen LogP contribution in [0, 0.1) is 0 Å². The predicted molar refractivity (Wildman–Crippen MR) is 93.3 cm³/mol. The van der Waals surface area contributed by atoms with E-state index in [1.807, 2.05) is 54.6 Å². The summed E-state index contributed by atoms with van der Waals surface area (Å²) < 4.78 is 11.4. The number of methoxy groups -OCH3 is 1. The molecule has 0 aliphatic rings. The second-order valence-corrected chi connectivity index (χ2v) is 5.87. The molecule has 0 atom stereocenters. The topological polar surface area (TPSA) is 60.5 Å². The van der Waals surface area contributed by atoms with Crippen molar-refractivity contribution in [1.29, 1.82) is 0 Å². The van der Waals surface area contributed by atoms with Crippen LogP contribution in [0.3, 0.4) is 0 Å². The first-order valence-electron chi connectivity index (χ1n) is 7.32. The van der Waals surface area contributed by atoms with Gasteiger partial charge in [0, 0.05) is 17.0 Å². The van der Waals surface area contributed by atoms with Crippen LogP contribution >= 0.6 is 11.3 Å². The van der Waals surface area contributed by atoms with Crippen LogP contribution in [0.1, 0.15) is 0 Å². The maximum absolute atomic E-state index is 6.06. The molecule has 6 heteroatoms. The van der Waals surface area contributed by atoms with Gasteiger partial charge >= 0.3 is 0 Å². The van der Waals surface area contributed by atoms with Gasteiger partial charge in [-0.3, -0.25) is 0 Å². The highest BCUT2D eigenvalue weighted by Crippen LogP contribution is 2.25. The molecular formula is C18H13N3O2S. The summed E-state index contributed by atoms with van der Waals surface area (Å²) in [6.45, 7) is 0. The van der Waals surface area contributed by atoms with E-state index in [-0.39, 0.29) is 0 Å². The summed E-state index contributed by atoms with van der Waals surface area (Å²) in [7, 11) is 1.64. The third-order valence-electron chi connectivity index (χ3n) is 3.57. The van der Waals surface area contributed by atoms with E-state index >= 15 is 0 Å². The minimum absolute atomic E-state index is 0.601. The number of hydrogen-bond acceptors (Lipinski definition) is 6. The lowest BCUT2D eigenvalue weighted by Gasteiger charge is -2.06. The Bertz CT molecular complexity index is 1040. The Morgan fingerprint density at radius 2 is 1.96 bits per heavy atom. The van der Waals surface area contributed by atoms with E-state index in [0.717, 1.165) is 33.4 Å². The van der Waals surface area contributed by atoms with E-state index in [1.165, 1.54) is 11.3 Å². The minimum atomic E-state index is 0.601. The van der Waals surface area contributed by atoms with Gasteiger partial charge in [0.15, 0.2) is 0 Å². The monoisotopic (exact) mass is 335 g/mol. The number of rotatable bonds is 3. The van der Waals surface area contributed by atoms with Crippen LogP contribution < -0.4 is 10.1 Å². The molecule has 0 saturated heterocycles. The summed E-state index contributed by atoms with van der Waals surface area (Å²) in [4.78, 5) is 4.62. The van der Waals surface area contributed by atoms with Crippen molar-refractivity contribution in [2.24, 2.45) is 4.99 Å². The third kappa shape index (κ3) is 2.79. The average Bonchev–Trinajstić information content (AvgIpc) is 3.15. The van der Waals surface area contributed by atoms with Crippen LogP contribution in [-0.4, -0.2) is 17.3 Å². The van der Waals surface area contributed by atoms with E-state index in [1.54, 1.807) is 12.6 Å². The number of aromatic nitrogens is 2. The maximum atomic E-state index is 6.06. The quantitative estimate of drug-likeness (QED) is 0.563. The fourth-order valence-corrected chi connectivity index (χ4v) is 2.87. The van der Waals surface area contributed by atoms with Crippen molar-refractivity contribution in [2.45, 2.75) is 0 Å². The normalized spacial score (nSPS) is 11.8. The zero-order valence-electron chi connectivity index (χ0n) is 12.8. The average molecular weight is 335 g/mol. The van der Waals surface area contributed by atoms with Crippen molar-refractivity contribution in [3.05, 3.63) is 65.5 Å². The zero-order chi connectivity index (χ0) is 16.4. The molecule has 4 rings (SSSR count). The molecule has 0 saturated carbocycles. The van der Waals surface area contributed by atoms with Gasteiger partial charge in [0.25, 0.3) is 0 Å². The van der Waals surface area contributed by atoms with Gasteiger partial charge in [-0.2, -0.15) is 0 Å². The van der Waals surface area contributed by atoms with Gasteiger partial charge in [-0.25, -0.2) is 4.99 Å². The second kappa shape index (κ2) is 6.25. The Morgan fingerprint density at radius 3 is 2.71 bits per heavy atom. The highest BCUT2D eigenvalue weighted by atomic mass is 32.1. The van der Waals surface area contributed by atoms with E-state index in [2.05, 4.69) is 15.2 Å². The Hall–Kier alpha value is -2.99. The largest absolute Gasteiger partial charge is 0.497 e. The number of ether oxygens (including phenoxy) is 1. The van der Waals surface area contributed by atoms with Crippen LogP contribution in [0.25, 0.3) is 22.3 Å². The lowest BCUT2D eigenvalue weighted by atomic mass is 10.1. The molecule has 0 spiro atoms. The highest BCUT2D eigenvalue weighted by Gasteiger charge is 2.08. The first kappa shape index (κ1) is 14.6. The Kier molecular flexibility index (Phi) is 3.80. The van der Waals surface area contributed by atoms with Gasteiger partial charge in [-0.05, 0) is 18.2 Å². The van der Waals surface area contributed by atoms with Crippen LogP contribution in [0.4, 0.5) is 5.13 Å². The van der Waals surface area contributed by atoms with Gasteiger partial charge in [0.1, 0.15) is 22.6 Å². The maximum Gasteiger partial charge on any atom is 0.231 e. The van der Waals surface area contributed by atoms with E-state index in [9.17, 15) is 0 Å². The van der Waals surface area contributed by atoms with Gasteiger partial charge in [-0.1, -0.05) is 41.7 Å². The Morgan fingerprint density at radius 1 is 1.08 bits per heavy atom. The molecule has 0 aliphatic carbocycles. The van der Waals surface area contributed by atoms with E-state index in [0.29, 0.717) is 5.13 Å². The Balaban J connectivity index is 2.02. The van der Waals surface area contributed by atoms with Crippen LogP contribution in [0.2, 0.25) is 0 Å². The fourth-order valence-electron chi connectivity index (χ4n) is 2.43. The van der Waals surface area contributed by atoms with Gasteiger partial charge in [0.2, 0.25) is 5.13 Å². The van der Waals surface area contributed by atoms with E-state index < -0.39 is 0 Å². The standard InChI is InChI=1S/C18H13N3O2S/c1-22-13-7-8-16-14(9-13)15(20-18-21-19-11-24-18)10-17(23-16)12-5-3-2-4-6-12/h2-11H,1H3/b20-15+. The molecule has 0 N–H and O–H groups in total. The molecule has 24 heavy (non-hydrogen) atoms. The second-order valence-electron chi connectivity index (χ2n) is 5.06. The molecule has 118 valence electrons. The number of benzene rings is 2. The summed E-state index contributed by atoms with van der Waals surface area (Å²) in [6.07, 6.45) is 0. The lowest BCUT2D eigenvalue weighted by molar-refractivity contribution is 0.415. The molecule has 2 heterocycles. The molecule has 0 amide bonds.